The van der Waals surface area contributed by atoms with Gasteiger partial charge in [0.05, 0.1) is 6.10 Å². The molecule has 1 atom stereocenters. The van der Waals surface area contributed by atoms with Crippen LogP contribution in [0.5, 0.6) is 5.75 Å². The van der Waals surface area contributed by atoms with Crippen molar-refractivity contribution in [1.29, 1.82) is 5.26 Å². The molecule has 2 rings (SSSR count). The predicted molar refractivity (Wildman–Crippen MR) is 96.9 cm³/mol. The van der Waals surface area contributed by atoms with Gasteiger partial charge in [0.1, 0.15) is 23.5 Å². The highest BCUT2D eigenvalue weighted by Gasteiger charge is 2.19. The van der Waals surface area contributed by atoms with Gasteiger partial charge < -0.3 is 14.8 Å². The smallest absolute Gasteiger partial charge is 0.261 e. The van der Waals surface area contributed by atoms with Crippen LogP contribution in [0.2, 0.25) is 0 Å². The highest BCUT2D eigenvalue weighted by molar-refractivity contribution is 5.98. The lowest BCUT2D eigenvalue weighted by Crippen LogP contribution is -2.27. The molecule has 1 heterocycles. The molecule has 1 aliphatic rings. The Kier molecular flexibility index (Phi) is 6.79. The maximum atomic E-state index is 12.2. The largest absolute Gasteiger partial charge is 0.485 e. The monoisotopic (exact) mass is 340 g/mol. The van der Waals surface area contributed by atoms with Crippen LogP contribution in [0.25, 0.3) is 6.08 Å². The van der Waals surface area contributed by atoms with Crippen LogP contribution in [-0.4, -0.2) is 31.3 Å². The summed E-state index contributed by atoms with van der Waals surface area (Å²) in [6, 6.07) is 9.66. The molecule has 0 saturated heterocycles. The van der Waals surface area contributed by atoms with Crippen LogP contribution >= 0.6 is 0 Å². The van der Waals surface area contributed by atoms with Gasteiger partial charge in [-0.3, -0.25) is 4.79 Å². The molecule has 5 nitrogen and oxygen atoms in total. The summed E-state index contributed by atoms with van der Waals surface area (Å²) in [7, 11) is 0. The van der Waals surface area contributed by atoms with Crippen molar-refractivity contribution in [2.45, 2.75) is 39.4 Å². The fourth-order valence-electron chi connectivity index (χ4n) is 2.43. The quantitative estimate of drug-likeness (QED) is 0.470. The van der Waals surface area contributed by atoms with Crippen molar-refractivity contribution in [3.05, 3.63) is 47.1 Å². The van der Waals surface area contributed by atoms with E-state index in [9.17, 15) is 10.1 Å². The summed E-state index contributed by atoms with van der Waals surface area (Å²) < 4.78 is 11.3. The minimum Gasteiger partial charge on any atom is -0.485 e. The Bertz CT molecular complexity index is 714. The van der Waals surface area contributed by atoms with Crippen molar-refractivity contribution in [2.75, 3.05) is 13.2 Å². The lowest BCUT2D eigenvalue weighted by molar-refractivity contribution is -0.117. The molecule has 0 aliphatic carbocycles. The summed E-state index contributed by atoms with van der Waals surface area (Å²) in [5.41, 5.74) is 1.81. The number of benzene rings is 1. The number of fused-ring (bicyclic) bond motifs is 1. The summed E-state index contributed by atoms with van der Waals surface area (Å²) in [4.78, 5) is 12.2. The Hall–Kier alpha value is -2.58. The molecule has 1 aromatic rings. The van der Waals surface area contributed by atoms with E-state index in [1.807, 2.05) is 57.2 Å². The van der Waals surface area contributed by atoms with Gasteiger partial charge in [-0.15, -0.1) is 0 Å². The fourth-order valence-corrected chi connectivity index (χ4v) is 2.43. The maximum absolute atomic E-state index is 12.2. The Morgan fingerprint density at radius 1 is 1.44 bits per heavy atom. The fraction of sp³-hybridized carbons (Fsp3) is 0.400. The minimum absolute atomic E-state index is 0.0749. The van der Waals surface area contributed by atoms with Gasteiger partial charge in [-0.1, -0.05) is 18.2 Å². The Labute approximate surface area is 148 Å². The normalized spacial score (nSPS) is 16.5. The van der Waals surface area contributed by atoms with Crippen LogP contribution in [-0.2, 0) is 9.53 Å². The summed E-state index contributed by atoms with van der Waals surface area (Å²) in [6.45, 7) is 6.88. The molecule has 0 radical (unpaired) electrons. The van der Waals surface area contributed by atoms with E-state index in [-0.39, 0.29) is 23.7 Å². The van der Waals surface area contributed by atoms with Crippen molar-refractivity contribution in [3.8, 4) is 11.8 Å². The van der Waals surface area contributed by atoms with Gasteiger partial charge in [0, 0.05) is 18.7 Å². The number of carbonyl (C=O) groups excluding carboxylic acids is 1. The molecule has 1 aliphatic heterocycles. The Morgan fingerprint density at radius 2 is 2.20 bits per heavy atom. The lowest BCUT2D eigenvalue weighted by atomic mass is 10.0. The number of nitrogens with zero attached hydrogens (tertiary/aromatic N) is 1. The average molecular weight is 340 g/mol. The topological polar surface area (TPSA) is 71.3 Å². The SMILES string of the molecule is CC(C)OCCCNC(=O)/C(C#N)=C\C1=Cc2ccccc2OC1C. The highest BCUT2D eigenvalue weighted by atomic mass is 16.5. The molecule has 0 fully saturated rings. The van der Waals surface area contributed by atoms with Gasteiger partial charge in [-0.25, -0.2) is 0 Å². The molecule has 1 amide bonds. The summed E-state index contributed by atoms with van der Waals surface area (Å²) in [6.07, 6.45) is 4.21. The van der Waals surface area contributed by atoms with Crippen molar-refractivity contribution in [3.63, 3.8) is 0 Å². The maximum Gasteiger partial charge on any atom is 0.261 e. The van der Waals surface area contributed by atoms with Gasteiger partial charge in [0.25, 0.3) is 5.91 Å². The van der Waals surface area contributed by atoms with Gasteiger partial charge >= 0.3 is 0 Å². The van der Waals surface area contributed by atoms with Crippen LogP contribution < -0.4 is 10.1 Å². The van der Waals surface area contributed by atoms with E-state index in [4.69, 9.17) is 9.47 Å². The number of rotatable bonds is 7. The van der Waals surface area contributed by atoms with E-state index in [0.717, 1.165) is 16.9 Å². The van der Waals surface area contributed by atoms with E-state index in [1.54, 1.807) is 6.08 Å². The minimum atomic E-state index is -0.376. The predicted octanol–water partition coefficient (Wildman–Crippen LogP) is 3.23. The summed E-state index contributed by atoms with van der Waals surface area (Å²) in [5, 5.41) is 12.1. The number of hydrogen-bond acceptors (Lipinski definition) is 4. The van der Waals surface area contributed by atoms with Crippen LogP contribution in [0, 0.1) is 11.3 Å². The van der Waals surface area contributed by atoms with Crippen LogP contribution in [0.3, 0.4) is 0 Å². The number of hydrogen-bond donors (Lipinski definition) is 1. The molecule has 5 heteroatoms. The molecular weight excluding hydrogens is 316 g/mol. The molecule has 132 valence electrons. The zero-order chi connectivity index (χ0) is 18.2. The number of amides is 1. The zero-order valence-electron chi connectivity index (χ0n) is 14.9. The second-order valence-corrected chi connectivity index (χ2v) is 6.14. The standard InChI is InChI=1S/C20H24N2O3/c1-14(2)24-10-6-9-22-20(23)18(13-21)12-17-11-16-7-4-5-8-19(16)25-15(17)3/h4-5,7-8,11-12,14-15H,6,9-10H2,1-3H3,(H,22,23)/b18-12-. The first kappa shape index (κ1) is 18.8. The first-order chi connectivity index (χ1) is 12.0. The van der Waals surface area contributed by atoms with E-state index in [1.165, 1.54) is 0 Å². The van der Waals surface area contributed by atoms with E-state index >= 15 is 0 Å². The lowest BCUT2D eigenvalue weighted by Gasteiger charge is -2.23. The van der Waals surface area contributed by atoms with Crippen molar-refractivity contribution in [2.24, 2.45) is 0 Å². The molecule has 0 saturated carbocycles. The van der Waals surface area contributed by atoms with Crippen molar-refractivity contribution < 1.29 is 14.3 Å². The first-order valence-electron chi connectivity index (χ1n) is 8.50. The van der Waals surface area contributed by atoms with Gasteiger partial charge in [0.2, 0.25) is 0 Å². The average Bonchev–Trinajstić information content (AvgIpc) is 2.59. The van der Waals surface area contributed by atoms with Crippen molar-refractivity contribution >= 4 is 12.0 Å². The molecule has 1 aromatic carbocycles. The zero-order valence-corrected chi connectivity index (χ0v) is 14.9. The van der Waals surface area contributed by atoms with Crippen LogP contribution in [0.1, 0.15) is 32.8 Å². The third kappa shape index (κ3) is 5.47. The third-order valence-corrected chi connectivity index (χ3v) is 3.75. The third-order valence-electron chi connectivity index (χ3n) is 3.75. The number of nitrogens with one attached hydrogen (secondary N) is 1. The number of carbonyl (C=O) groups is 1. The molecule has 1 unspecified atom stereocenters. The summed E-state index contributed by atoms with van der Waals surface area (Å²) >= 11 is 0. The van der Waals surface area contributed by atoms with Crippen molar-refractivity contribution in [1.82, 2.24) is 5.32 Å². The van der Waals surface area contributed by atoms with E-state index < -0.39 is 0 Å². The molecule has 0 bridgehead atoms. The van der Waals surface area contributed by atoms with Crippen LogP contribution in [0.4, 0.5) is 0 Å². The number of nitriles is 1. The molecule has 25 heavy (non-hydrogen) atoms. The molecule has 1 N–H and O–H groups in total. The molecular formula is C20H24N2O3. The first-order valence-corrected chi connectivity index (χ1v) is 8.50. The van der Waals surface area contributed by atoms with E-state index in [0.29, 0.717) is 19.6 Å². The van der Waals surface area contributed by atoms with Gasteiger partial charge in [-0.05, 0) is 51.0 Å². The van der Waals surface area contributed by atoms with Gasteiger partial charge in [0.15, 0.2) is 0 Å². The van der Waals surface area contributed by atoms with Gasteiger partial charge in [-0.2, -0.15) is 5.26 Å². The second kappa shape index (κ2) is 9.05. The van der Waals surface area contributed by atoms with E-state index in [2.05, 4.69) is 5.32 Å². The summed E-state index contributed by atoms with van der Waals surface area (Å²) in [5.74, 6) is 0.430. The second-order valence-electron chi connectivity index (χ2n) is 6.14. The molecule has 0 aromatic heterocycles. The van der Waals surface area contributed by atoms with Crippen LogP contribution in [0.15, 0.2) is 41.5 Å². The number of para-hydroxylation sites is 1. The molecule has 0 spiro atoms. The Morgan fingerprint density at radius 3 is 2.92 bits per heavy atom. The Balaban J connectivity index is 2.01. The number of ether oxygens (including phenoxy) is 2. The highest BCUT2D eigenvalue weighted by Crippen LogP contribution is 2.30.